The van der Waals surface area contributed by atoms with Crippen molar-refractivity contribution in [3.05, 3.63) is 0 Å². The number of nitrogens with one attached hydrogen (secondary N) is 6. The third-order valence-electron chi connectivity index (χ3n) is 6.96. The van der Waals surface area contributed by atoms with Crippen LogP contribution in [0.4, 0.5) is 0 Å². The number of hydrogen-bond donors (Lipinski definition) is 12. The average Bonchev–Trinajstić information content (AvgIpc) is 3.06. The molecule has 0 aliphatic heterocycles. The molecule has 0 rings (SSSR count). The van der Waals surface area contributed by atoms with Gasteiger partial charge in [-0.25, -0.2) is 0 Å². The zero-order valence-electron chi connectivity index (χ0n) is 30.5. The Morgan fingerprint density at radius 1 is 0.528 bits per heavy atom. The van der Waals surface area contributed by atoms with Crippen molar-refractivity contribution >= 4 is 47.5 Å². The number of carboxylic acids is 2. The van der Waals surface area contributed by atoms with E-state index < -0.39 is 47.9 Å². The normalized spacial score (nSPS) is 12.5. The molecule has 0 saturated carbocycles. The van der Waals surface area contributed by atoms with Crippen LogP contribution in [0.2, 0.25) is 0 Å². The summed E-state index contributed by atoms with van der Waals surface area (Å²) in [4.78, 5) is 78.4. The number of carboxylic acid groups (broad SMARTS) is 2. The molecule has 0 heterocycles. The summed E-state index contributed by atoms with van der Waals surface area (Å²) in [7, 11) is 3.19. The molecule has 4 amide bonds. The number of nitrogens with zero attached hydrogens (tertiary/aromatic N) is 2. The van der Waals surface area contributed by atoms with Crippen LogP contribution < -0.4 is 76.5 Å². The number of guanidine groups is 2. The molecule has 0 aromatic heterocycles. The minimum Gasteiger partial charge on any atom is -0.548 e. The topological polar surface area (TPSA) is 402 Å². The maximum absolute atomic E-state index is 12.4. The van der Waals surface area contributed by atoms with E-state index in [9.17, 15) is 39.0 Å². The molecule has 0 fully saturated rings. The van der Waals surface area contributed by atoms with Gasteiger partial charge in [0.1, 0.15) is 12.1 Å². The molecule has 0 aliphatic rings. The van der Waals surface area contributed by atoms with Gasteiger partial charge in [0.05, 0.1) is 37.1 Å². The summed E-state index contributed by atoms with van der Waals surface area (Å²) < 4.78 is 0. The molecule has 0 saturated heterocycles. The number of carbonyl (C=O) groups excluding carboxylic acids is 6. The minimum atomic E-state index is -1.38. The maximum atomic E-state index is 12.4. The van der Waals surface area contributed by atoms with Gasteiger partial charge in [0.15, 0.2) is 11.9 Å². The second kappa shape index (κ2) is 33.5. The number of aliphatic carboxylic acids is 2. The van der Waals surface area contributed by atoms with E-state index in [1.807, 2.05) is 0 Å². The number of nitrogens with two attached hydrogens (primary N) is 6. The SMILES string of the molecule is CNCC(=O)N[C@@H](CCCN=C(N)N)C(=O)N[C@@H](CCCCN)C(=O)[O-].CNCC(=O)N[C@@H](CCCN=C(N)N)C(=O)N[C@@H](CCCCN)C(=O)[O-].[Cu+2]. The Bertz CT molecular complexity index is 1050. The van der Waals surface area contributed by atoms with Crippen molar-refractivity contribution < 1.29 is 56.0 Å². The molecule has 23 heteroatoms. The van der Waals surface area contributed by atoms with Crippen LogP contribution in [-0.4, -0.2) is 125 Å². The summed E-state index contributed by atoms with van der Waals surface area (Å²) in [6.45, 7) is 1.49. The molecule has 0 spiro atoms. The predicted octanol–water partition coefficient (Wildman–Crippen LogP) is -7.79. The van der Waals surface area contributed by atoms with Crippen LogP contribution in [0.1, 0.15) is 64.2 Å². The largest absolute Gasteiger partial charge is 2.00 e. The molecule has 18 N–H and O–H groups in total. The van der Waals surface area contributed by atoms with Crippen molar-refractivity contribution in [2.45, 2.75) is 88.4 Å². The molecule has 53 heavy (non-hydrogen) atoms. The molecule has 0 aromatic carbocycles. The number of rotatable bonds is 28. The van der Waals surface area contributed by atoms with Crippen LogP contribution in [-0.2, 0) is 45.8 Å². The van der Waals surface area contributed by atoms with Gasteiger partial charge in [-0.1, -0.05) is 0 Å². The summed E-state index contributed by atoms with van der Waals surface area (Å²) in [5, 5.41) is 37.7. The molecule has 1 radical (unpaired) electrons. The first-order valence-electron chi connectivity index (χ1n) is 17.0. The first-order valence-corrected chi connectivity index (χ1v) is 17.0. The molecule has 0 bridgehead atoms. The van der Waals surface area contributed by atoms with Crippen molar-refractivity contribution in [2.75, 3.05) is 53.4 Å². The van der Waals surface area contributed by atoms with Gasteiger partial charge in [-0.15, -0.1) is 0 Å². The first kappa shape index (κ1) is 53.1. The fourth-order valence-corrected chi connectivity index (χ4v) is 4.38. The molecular weight excluding hydrogens is 748 g/mol. The first-order chi connectivity index (χ1) is 24.6. The smallest absolute Gasteiger partial charge is 0.548 e. The summed E-state index contributed by atoms with van der Waals surface area (Å²) in [6.07, 6.45) is 4.13. The van der Waals surface area contributed by atoms with Gasteiger partial charge in [0, 0.05) is 13.1 Å². The molecule has 4 atom stereocenters. The second-order valence-electron chi connectivity index (χ2n) is 11.5. The number of hydrogen-bond acceptors (Lipinski definition) is 14. The third-order valence-corrected chi connectivity index (χ3v) is 6.96. The maximum Gasteiger partial charge on any atom is 2.00 e. The van der Waals surface area contributed by atoms with Gasteiger partial charge in [0.25, 0.3) is 0 Å². The van der Waals surface area contributed by atoms with E-state index in [0.29, 0.717) is 51.6 Å². The molecular formula is C30H60CuN14O8. The van der Waals surface area contributed by atoms with Crippen LogP contribution >= 0.6 is 0 Å². The Balaban J connectivity index is -0.000000926. The molecule has 22 nitrogen and oxygen atoms in total. The van der Waals surface area contributed by atoms with Gasteiger partial charge in [-0.05, 0) is 91.4 Å². The minimum absolute atomic E-state index is 0. The standard InChI is InChI=1S/2C15H31N7O4.Cu/c2*1-19-9-12(23)21-10(6-4-8-20-15(17)18)13(24)22-11(14(25)26)5-2-3-7-16;/h2*10-11,19H,2-9,16H2,1H3,(H,21,23)(H,22,24)(H,25,26)(H4,17,18,20);/q;;+2/p-2/t2*10-,11-;/m00./s1. The third kappa shape index (κ3) is 29.9. The molecule has 309 valence electrons. The number of likely N-dealkylation sites (N-methyl/N-ethyl adjacent to an activating group) is 2. The van der Waals surface area contributed by atoms with Gasteiger partial charge in [-0.3, -0.25) is 29.2 Å². The van der Waals surface area contributed by atoms with E-state index in [1.54, 1.807) is 14.1 Å². The number of aliphatic imine (C=N–C) groups is 2. The van der Waals surface area contributed by atoms with Crippen molar-refractivity contribution in [3.63, 3.8) is 0 Å². The van der Waals surface area contributed by atoms with E-state index in [1.165, 1.54) is 0 Å². The van der Waals surface area contributed by atoms with Crippen LogP contribution in [0.3, 0.4) is 0 Å². The quantitative estimate of drug-likeness (QED) is 0.0151. The van der Waals surface area contributed by atoms with Gasteiger partial charge < -0.3 is 86.1 Å². The number of unbranched alkanes of at least 4 members (excludes halogenated alkanes) is 2. The van der Waals surface area contributed by atoms with E-state index in [2.05, 4.69) is 41.9 Å². The van der Waals surface area contributed by atoms with Crippen LogP contribution in [0.5, 0.6) is 0 Å². The molecule has 0 aliphatic carbocycles. The Morgan fingerprint density at radius 3 is 1.11 bits per heavy atom. The van der Waals surface area contributed by atoms with Gasteiger partial charge in [-0.2, -0.15) is 0 Å². The van der Waals surface area contributed by atoms with E-state index >= 15 is 0 Å². The van der Waals surface area contributed by atoms with E-state index in [-0.39, 0.29) is 92.7 Å². The zero-order valence-corrected chi connectivity index (χ0v) is 31.5. The molecule has 0 unspecified atom stereocenters. The monoisotopic (exact) mass is 807 g/mol. The Kier molecular flexibility index (Phi) is 33.6. The Hall–Kier alpha value is -4.28. The average molecular weight is 808 g/mol. The summed E-state index contributed by atoms with van der Waals surface area (Å²) >= 11 is 0. The number of amides is 4. The van der Waals surface area contributed by atoms with E-state index in [4.69, 9.17) is 34.4 Å². The fraction of sp³-hybridized carbons (Fsp3) is 0.733. The van der Waals surface area contributed by atoms with E-state index in [0.717, 1.165) is 0 Å². The van der Waals surface area contributed by atoms with Crippen molar-refractivity contribution in [1.82, 2.24) is 31.9 Å². The van der Waals surface area contributed by atoms with Crippen molar-refractivity contribution in [2.24, 2.45) is 44.4 Å². The van der Waals surface area contributed by atoms with Crippen LogP contribution in [0.25, 0.3) is 0 Å². The summed E-state index contributed by atoms with van der Waals surface area (Å²) in [6, 6.07) is -4.09. The Morgan fingerprint density at radius 2 is 0.849 bits per heavy atom. The Labute approximate surface area is 321 Å². The summed E-state index contributed by atoms with van der Waals surface area (Å²) in [5.41, 5.74) is 31.7. The van der Waals surface area contributed by atoms with Gasteiger partial charge in [0.2, 0.25) is 23.6 Å². The van der Waals surface area contributed by atoms with Crippen molar-refractivity contribution in [1.29, 1.82) is 0 Å². The van der Waals surface area contributed by atoms with Crippen molar-refractivity contribution in [3.8, 4) is 0 Å². The zero-order chi connectivity index (χ0) is 39.9. The van der Waals surface area contributed by atoms with Crippen LogP contribution in [0.15, 0.2) is 9.98 Å². The van der Waals surface area contributed by atoms with Crippen LogP contribution in [0, 0.1) is 0 Å². The summed E-state index contributed by atoms with van der Waals surface area (Å²) in [5.74, 6) is -4.86. The van der Waals surface area contributed by atoms with Gasteiger partial charge >= 0.3 is 17.1 Å². The molecule has 0 aromatic rings. The second-order valence-corrected chi connectivity index (χ2v) is 11.5. The fourth-order valence-electron chi connectivity index (χ4n) is 4.38. The number of carbonyl (C=O) groups is 6. The predicted molar refractivity (Wildman–Crippen MR) is 191 cm³/mol.